The minimum absolute atomic E-state index is 0.637. The highest BCUT2D eigenvalue weighted by atomic mass is 16.5. The molecule has 0 aliphatic carbocycles. The van der Waals surface area contributed by atoms with Crippen molar-refractivity contribution in [1.29, 1.82) is 0 Å². The molecule has 3 heterocycles. The summed E-state index contributed by atoms with van der Waals surface area (Å²) in [7, 11) is 1.67. The Kier molecular flexibility index (Phi) is 6.62. The molecule has 6 nitrogen and oxygen atoms in total. The molecule has 0 amide bonds. The van der Waals surface area contributed by atoms with Gasteiger partial charge in [-0.05, 0) is 38.0 Å². The maximum absolute atomic E-state index is 5.57. The summed E-state index contributed by atoms with van der Waals surface area (Å²) in [5.74, 6) is 1.63. The van der Waals surface area contributed by atoms with Crippen molar-refractivity contribution in [3.8, 4) is 6.01 Å². The third-order valence-electron chi connectivity index (χ3n) is 4.94. The molecule has 1 aliphatic rings. The summed E-state index contributed by atoms with van der Waals surface area (Å²) in [4.78, 5) is 13.7. The lowest BCUT2D eigenvalue weighted by Gasteiger charge is -2.21. The van der Waals surface area contributed by atoms with E-state index >= 15 is 0 Å². The molecule has 0 aromatic carbocycles. The zero-order valence-corrected chi connectivity index (χ0v) is 15.5. The normalized spacial score (nSPS) is 17.9. The topological polar surface area (TPSA) is 62.1 Å². The maximum atomic E-state index is 5.57. The van der Waals surface area contributed by atoms with Crippen molar-refractivity contribution in [3.63, 3.8) is 0 Å². The maximum Gasteiger partial charge on any atom is 0.298 e. The average molecular weight is 346 g/mol. The zero-order chi connectivity index (χ0) is 17.5. The van der Waals surface area contributed by atoms with Crippen LogP contribution >= 0.6 is 0 Å². The molecule has 0 bridgehead atoms. The Morgan fingerprint density at radius 3 is 2.96 bits per heavy atom. The molecule has 1 aliphatic heterocycles. The van der Waals surface area contributed by atoms with E-state index < -0.39 is 0 Å². The summed E-state index contributed by atoms with van der Waals surface area (Å²) in [6, 6.07) is 0.637. The second-order valence-electron chi connectivity index (χ2n) is 6.93. The Balaban J connectivity index is 1.63. The predicted molar refractivity (Wildman–Crippen MR) is 97.9 cm³/mol. The first-order valence-corrected chi connectivity index (χ1v) is 9.65. The van der Waals surface area contributed by atoms with Gasteiger partial charge in [-0.15, -0.1) is 0 Å². The highest BCUT2D eigenvalue weighted by molar-refractivity contribution is 5.71. The van der Waals surface area contributed by atoms with Crippen molar-refractivity contribution >= 4 is 11.2 Å². The molecule has 2 aromatic rings. The van der Waals surface area contributed by atoms with Crippen LogP contribution in [0.2, 0.25) is 0 Å². The van der Waals surface area contributed by atoms with Crippen LogP contribution in [-0.4, -0.2) is 39.8 Å². The van der Waals surface area contributed by atoms with E-state index in [1.165, 1.54) is 25.7 Å². The Hall–Kier alpha value is -1.69. The van der Waals surface area contributed by atoms with Crippen LogP contribution in [0.15, 0.2) is 6.20 Å². The number of nitrogens with zero attached hydrogens (tertiary/aromatic N) is 4. The van der Waals surface area contributed by atoms with Crippen molar-refractivity contribution in [2.24, 2.45) is 5.92 Å². The molecule has 25 heavy (non-hydrogen) atoms. The smallest absolute Gasteiger partial charge is 0.298 e. The SMILES string of the molecule is CCCCc1ncc2nc(OC)n(CCCCC3CCCOC3)c2n1. The van der Waals surface area contributed by atoms with E-state index in [0.717, 1.165) is 68.3 Å². The number of aryl methyl sites for hydroxylation is 2. The molecular formula is C19H30N4O2. The van der Waals surface area contributed by atoms with Crippen LogP contribution < -0.4 is 4.74 Å². The average Bonchev–Trinajstić information content (AvgIpc) is 3.01. The van der Waals surface area contributed by atoms with E-state index in [0.29, 0.717) is 6.01 Å². The molecule has 1 fully saturated rings. The fourth-order valence-electron chi connectivity index (χ4n) is 3.48. The molecular weight excluding hydrogens is 316 g/mol. The van der Waals surface area contributed by atoms with Gasteiger partial charge in [0.2, 0.25) is 0 Å². The van der Waals surface area contributed by atoms with Gasteiger partial charge in [0.05, 0.1) is 13.3 Å². The van der Waals surface area contributed by atoms with Crippen LogP contribution in [0, 0.1) is 5.92 Å². The zero-order valence-electron chi connectivity index (χ0n) is 15.5. The van der Waals surface area contributed by atoms with Gasteiger partial charge >= 0.3 is 0 Å². The van der Waals surface area contributed by atoms with Crippen molar-refractivity contribution in [2.45, 2.75) is 64.8 Å². The second-order valence-corrected chi connectivity index (χ2v) is 6.93. The number of hydrogen-bond donors (Lipinski definition) is 0. The standard InChI is InChI=1S/C19H30N4O2/c1-3-4-10-17-20-13-16-18(22-17)23(19(21-16)24-2)11-6-5-8-15-9-7-12-25-14-15/h13,15H,3-12,14H2,1-2H3. The first-order chi connectivity index (χ1) is 12.3. The van der Waals surface area contributed by atoms with E-state index in [2.05, 4.69) is 21.5 Å². The van der Waals surface area contributed by atoms with E-state index in [1.54, 1.807) is 7.11 Å². The second kappa shape index (κ2) is 9.13. The van der Waals surface area contributed by atoms with Crippen LogP contribution in [0.5, 0.6) is 6.01 Å². The van der Waals surface area contributed by atoms with Crippen LogP contribution in [0.1, 0.15) is 57.7 Å². The fourth-order valence-corrected chi connectivity index (χ4v) is 3.48. The first kappa shape index (κ1) is 18.1. The predicted octanol–water partition coefficient (Wildman–Crippen LogP) is 3.77. The van der Waals surface area contributed by atoms with Gasteiger partial charge in [0.15, 0.2) is 5.65 Å². The van der Waals surface area contributed by atoms with Crippen LogP contribution in [0.25, 0.3) is 11.2 Å². The van der Waals surface area contributed by atoms with Crippen LogP contribution in [-0.2, 0) is 17.7 Å². The Labute approximate surface area is 150 Å². The number of ether oxygens (including phenoxy) is 2. The molecule has 0 radical (unpaired) electrons. The number of methoxy groups -OCH3 is 1. The lowest BCUT2D eigenvalue weighted by Crippen LogP contribution is -2.17. The lowest BCUT2D eigenvalue weighted by molar-refractivity contribution is 0.0506. The minimum Gasteiger partial charge on any atom is -0.468 e. The molecule has 0 N–H and O–H groups in total. The quantitative estimate of drug-likeness (QED) is 0.647. The van der Waals surface area contributed by atoms with Gasteiger partial charge in [-0.3, -0.25) is 4.57 Å². The highest BCUT2D eigenvalue weighted by Gasteiger charge is 2.15. The third kappa shape index (κ3) is 4.69. The molecule has 2 aromatic heterocycles. The van der Waals surface area contributed by atoms with Gasteiger partial charge in [0.25, 0.3) is 6.01 Å². The van der Waals surface area contributed by atoms with Crippen molar-refractivity contribution < 1.29 is 9.47 Å². The number of imidazole rings is 1. The molecule has 0 saturated carbocycles. The van der Waals surface area contributed by atoms with Crippen molar-refractivity contribution in [2.75, 3.05) is 20.3 Å². The summed E-state index contributed by atoms with van der Waals surface area (Å²) >= 11 is 0. The Morgan fingerprint density at radius 1 is 1.28 bits per heavy atom. The summed E-state index contributed by atoms with van der Waals surface area (Å²) in [5.41, 5.74) is 1.72. The summed E-state index contributed by atoms with van der Waals surface area (Å²) in [6.07, 6.45) is 11.1. The third-order valence-corrected chi connectivity index (χ3v) is 4.94. The van der Waals surface area contributed by atoms with Crippen molar-refractivity contribution in [1.82, 2.24) is 19.5 Å². The summed E-state index contributed by atoms with van der Waals surface area (Å²) in [5, 5.41) is 0. The van der Waals surface area contributed by atoms with Crippen LogP contribution in [0.4, 0.5) is 0 Å². The summed E-state index contributed by atoms with van der Waals surface area (Å²) < 4.78 is 13.1. The van der Waals surface area contributed by atoms with E-state index in [4.69, 9.17) is 14.5 Å². The van der Waals surface area contributed by atoms with Gasteiger partial charge in [-0.2, -0.15) is 4.98 Å². The first-order valence-electron chi connectivity index (χ1n) is 9.65. The van der Waals surface area contributed by atoms with Crippen molar-refractivity contribution in [3.05, 3.63) is 12.0 Å². The number of rotatable bonds is 9. The summed E-state index contributed by atoms with van der Waals surface area (Å²) in [6.45, 7) is 4.95. The monoisotopic (exact) mass is 346 g/mol. The van der Waals surface area contributed by atoms with E-state index in [-0.39, 0.29) is 0 Å². The minimum atomic E-state index is 0.637. The van der Waals surface area contributed by atoms with Gasteiger partial charge in [0, 0.05) is 26.2 Å². The van der Waals surface area contributed by atoms with Crippen LogP contribution in [0.3, 0.4) is 0 Å². The Morgan fingerprint density at radius 2 is 2.20 bits per heavy atom. The van der Waals surface area contributed by atoms with Gasteiger partial charge in [-0.25, -0.2) is 9.97 Å². The fraction of sp³-hybridized carbons (Fsp3) is 0.737. The highest BCUT2D eigenvalue weighted by Crippen LogP contribution is 2.23. The number of unbranched alkanes of at least 4 members (excludes halogenated alkanes) is 2. The molecule has 0 spiro atoms. The molecule has 138 valence electrons. The molecule has 6 heteroatoms. The van der Waals surface area contributed by atoms with Gasteiger partial charge < -0.3 is 9.47 Å². The van der Waals surface area contributed by atoms with E-state index in [9.17, 15) is 0 Å². The number of hydrogen-bond acceptors (Lipinski definition) is 5. The molecule has 1 unspecified atom stereocenters. The molecule has 1 saturated heterocycles. The molecule has 1 atom stereocenters. The van der Waals surface area contributed by atoms with Gasteiger partial charge in [-0.1, -0.05) is 19.8 Å². The van der Waals surface area contributed by atoms with E-state index in [1.807, 2.05) is 6.20 Å². The largest absolute Gasteiger partial charge is 0.468 e. The lowest BCUT2D eigenvalue weighted by atomic mass is 9.96. The molecule has 3 rings (SSSR count). The van der Waals surface area contributed by atoms with Gasteiger partial charge in [0.1, 0.15) is 11.3 Å². The Bertz CT molecular complexity index is 665. The number of fused-ring (bicyclic) bond motifs is 1. The number of aromatic nitrogens is 4.